The van der Waals surface area contributed by atoms with Gasteiger partial charge in [0.15, 0.2) is 5.13 Å². The average molecular weight is 257 g/mol. The zero-order valence-corrected chi connectivity index (χ0v) is 10.6. The summed E-state index contributed by atoms with van der Waals surface area (Å²) in [4.78, 5) is 13.2. The number of carbonyl (C=O) groups excluding carboxylic acids is 1. The third-order valence-electron chi connectivity index (χ3n) is 2.87. The topological polar surface area (TPSA) is 29.5 Å². The number of rotatable bonds is 5. The first-order valence-electron chi connectivity index (χ1n) is 5.76. The molecule has 0 saturated heterocycles. The predicted molar refractivity (Wildman–Crippen MR) is 64.4 cm³/mol. The Morgan fingerprint density at radius 1 is 1.65 bits per heavy atom. The second-order valence-corrected chi connectivity index (χ2v) is 5.33. The molecule has 0 aromatic carbocycles. The zero-order valence-electron chi connectivity index (χ0n) is 9.82. The van der Waals surface area contributed by atoms with Crippen molar-refractivity contribution in [2.24, 2.45) is 5.92 Å². The van der Waals surface area contributed by atoms with Crippen LogP contribution in [-0.4, -0.2) is 24.6 Å². The van der Waals surface area contributed by atoms with E-state index >= 15 is 0 Å². The predicted octanol–water partition coefficient (Wildman–Crippen LogP) is 3.26. The highest BCUT2D eigenvalue weighted by molar-refractivity contribution is 7.08. The van der Waals surface area contributed by atoms with E-state index in [0.29, 0.717) is 5.56 Å². The van der Waals surface area contributed by atoms with Crippen molar-refractivity contribution >= 4 is 17.4 Å². The summed E-state index contributed by atoms with van der Waals surface area (Å²) in [6.45, 7) is 0.883. The fourth-order valence-corrected chi connectivity index (χ4v) is 2.17. The van der Waals surface area contributed by atoms with Crippen molar-refractivity contribution in [2.45, 2.75) is 25.9 Å². The van der Waals surface area contributed by atoms with E-state index in [1.165, 1.54) is 18.9 Å². The molecular formula is C12H16FNO2S. The molecule has 0 bridgehead atoms. The van der Waals surface area contributed by atoms with Gasteiger partial charge in [0.05, 0.1) is 0 Å². The fraction of sp³-hybridized carbons (Fsp3) is 0.583. The number of hydrogen-bond donors (Lipinski definition) is 0. The van der Waals surface area contributed by atoms with E-state index in [1.807, 2.05) is 0 Å². The molecule has 1 amide bonds. The van der Waals surface area contributed by atoms with E-state index in [4.69, 9.17) is 4.74 Å². The molecule has 5 heteroatoms. The van der Waals surface area contributed by atoms with E-state index < -0.39 is 0 Å². The lowest BCUT2D eigenvalue weighted by Gasteiger charge is -2.16. The number of hydrogen-bond acceptors (Lipinski definition) is 3. The first-order chi connectivity index (χ1) is 8.15. The summed E-state index contributed by atoms with van der Waals surface area (Å²) in [6.07, 6.45) is 3.30. The molecule has 94 valence electrons. The van der Waals surface area contributed by atoms with Crippen LogP contribution in [-0.2, 0) is 11.3 Å². The van der Waals surface area contributed by atoms with Gasteiger partial charge in [-0.2, -0.15) is 4.39 Å². The summed E-state index contributed by atoms with van der Waals surface area (Å²) >= 11 is 1.02. The van der Waals surface area contributed by atoms with Crippen molar-refractivity contribution in [3.05, 3.63) is 22.1 Å². The van der Waals surface area contributed by atoms with Crippen molar-refractivity contribution in [3.8, 4) is 0 Å². The van der Waals surface area contributed by atoms with Gasteiger partial charge in [0, 0.05) is 24.5 Å². The molecule has 0 unspecified atom stereocenters. The summed E-state index contributed by atoms with van der Waals surface area (Å²) in [7, 11) is 1.74. The summed E-state index contributed by atoms with van der Waals surface area (Å²) in [5.74, 6) is 0.802. The molecule has 0 spiro atoms. The van der Waals surface area contributed by atoms with Crippen LogP contribution in [0.25, 0.3) is 0 Å². The van der Waals surface area contributed by atoms with E-state index in [2.05, 4.69) is 0 Å². The molecule has 0 atom stereocenters. The van der Waals surface area contributed by atoms with Gasteiger partial charge in [-0.3, -0.25) is 0 Å². The Hall–Kier alpha value is -1.10. The number of nitrogens with zero attached hydrogens (tertiary/aromatic N) is 1. The molecule has 0 radical (unpaired) electrons. The molecule has 1 heterocycles. The lowest BCUT2D eigenvalue weighted by molar-refractivity contribution is 0.104. The van der Waals surface area contributed by atoms with E-state index in [1.54, 1.807) is 17.3 Å². The quantitative estimate of drug-likeness (QED) is 0.810. The maximum absolute atomic E-state index is 12.7. The average Bonchev–Trinajstić information content (AvgIpc) is 3.05. The minimum atomic E-state index is -0.336. The Balaban J connectivity index is 1.68. The molecule has 1 aromatic heterocycles. The maximum Gasteiger partial charge on any atom is 0.409 e. The van der Waals surface area contributed by atoms with Crippen molar-refractivity contribution in [3.63, 3.8) is 0 Å². The van der Waals surface area contributed by atoms with E-state index in [0.717, 1.165) is 30.2 Å². The van der Waals surface area contributed by atoms with Gasteiger partial charge in [0.1, 0.15) is 6.61 Å². The lowest BCUT2D eigenvalue weighted by Crippen LogP contribution is -2.28. The molecule has 1 saturated carbocycles. The van der Waals surface area contributed by atoms with Crippen LogP contribution in [0.2, 0.25) is 0 Å². The Morgan fingerprint density at radius 2 is 2.41 bits per heavy atom. The van der Waals surface area contributed by atoms with Crippen molar-refractivity contribution < 1.29 is 13.9 Å². The second kappa shape index (κ2) is 5.49. The molecule has 17 heavy (non-hydrogen) atoms. The van der Waals surface area contributed by atoms with Gasteiger partial charge in [-0.05, 0) is 18.4 Å². The normalized spacial score (nSPS) is 14.7. The lowest BCUT2D eigenvalue weighted by atomic mass is 10.3. The van der Waals surface area contributed by atoms with Crippen molar-refractivity contribution in [1.82, 2.24) is 4.90 Å². The van der Waals surface area contributed by atoms with E-state index in [-0.39, 0.29) is 17.8 Å². The molecular weight excluding hydrogens is 241 g/mol. The van der Waals surface area contributed by atoms with Crippen LogP contribution in [0.4, 0.5) is 9.18 Å². The summed E-state index contributed by atoms with van der Waals surface area (Å²) in [5.41, 5.74) is 0.705. The standard InChI is InChI=1S/C12H16FNO2S/c1-14(5-4-9-2-3-9)12(15)16-7-10-6-11(13)17-8-10/h6,8-9H,2-5,7H2,1H3. The number of carbonyl (C=O) groups is 1. The summed E-state index contributed by atoms with van der Waals surface area (Å²) in [6, 6.07) is 1.39. The van der Waals surface area contributed by atoms with Gasteiger partial charge in [-0.1, -0.05) is 12.8 Å². The van der Waals surface area contributed by atoms with Gasteiger partial charge < -0.3 is 9.64 Å². The SMILES string of the molecule is CN(CCC1CC1)C(=O)OCc1csc(F)c1. The third-order valence-corrected chi connectivity index (χ3v) is 3.63. The van der Waals surface area contributed by atoms with Gasteiger partial charge in [-0.25, -0.2) is 4.79 Å². The van der Waals surface area contributed by atoms with Crippen LogP contribution in [0.3, 0.4) is 0 Å². The number of ether oxygens (including phenoxy) is 1. The van der Waals surface area contributed by atoms with Crippen molar-refractivity contribution in [1.29, 1.82) is 0 Å². The Bertz CT molecular complexity index is 390. The maximum atomic E-state index is 12.7. The molecule has 3 nitrogen and oxygen atoms in total. The molecule has 0 N–H and O–H groups in total. The smallest absolute Gasteiger partial charge is 0.409 e. The zero-order chi connectivity index (χ0) is 12.3. The van der Waals surface area contributed by atoms with Gasteiger partial charge in [0.2, 0.25) is 0 Å². The molecule has 0 aliphatic heterocycles. The molecule has 1 aliphatic carbocycles. The first-order valence-corrected chi connectivity index (χ1v) is 6.64. The molecule has 2 rings (SSSR count). The summed E-state index contributed by atoms with van der Waals surface area (Å²) < 4.78 is 17.8. The number of halogens is 1. The molecule has 1 fully saturated rings. The van der Waals surface area contributed by atoms with Gasteiger partial charge in [0.25, 0.3) is 0 Å². The second-order valence-electron chi connectivity index (χ2n) is 4.47. The molecule has 1 aromatic rings. The highest BCUT2D eigenvalue weighted by atomic mass is 32.1. The minimum Gasteiger partial charge on any atom is -0.445 e. The highest BCUT2D eigenvalue weighted by Gasteiger charge is 2.22. The molecule has 1 aliphatic rings. The first kappa shape index (κ1) is 12.4. The monoisotopic (exact) mass is 257 g/mol. The van der Waals surface area contributed by atoms with Crippen LogP contribution in [0.1, 0.15) is 24.8 Å². The van der Waals surface area contributed by atoms with Crippen LogP contribution < -0.4 is 0 Å². The van der Waals surface area contributed by atoms with Crippen LogP contribution in [0.15, 0.2) is 11.4 Å². The summed E-state index contributed by atoms with van der Waals surface area (Å²) in [5, 5.41) is 1.41. The van der Waals surface area contributed by atoms with Crippen molar-refractivity contribution in [2.75, 3.05) is 13.6 Å². The largest absolute Gasteiger partial charge is 0.445 e. The van der Waals surface area contributed by atoms with Gasteiger partial charge >= 0.3 is 6.09 Å². The van der Waals surface area contributed by atoms with Crippen LogP contribution in [0.5, 0.6) is 0 Å². The minimum absolute atomic E-state index is 0.146. The number of thiophene rings is 1. The number of amides is 1. The van der Waals surface area contributed by atoms with Gasteiger partial charge in [-0.15, -0.1) is 11.3 Å². The third kappa shape index (κ3) is 4.00. The highest BCUT2D eigenvalue weighted by Crippen LogP contribution is 2.32. The van der Waals surface area contributed by atoms with Crippen LogP contribution in [0, 0.1) is 11.0 Å². The van der Waals surface area contributed by atoms with Crippen LogP contribution >= 0.6 is 11.3 Å². The fourth-order valence-electron chi connectivity index (χ4n) is 1.55. The Kier molecular flexibility index (Phi) is 3.99. The Morgan fingerprint density at radius 3 is 3.00 bits per heavy atom. The van der Waals surface area contributed by atoms with E-state index in [9.17, 15) is 9.18 Å². The Labute approximate surface area is 104 Å².